The van der Waals surface area contributed by atoms with E-state index < -0.39 is 0 Å². The molecule has 0 amide bonds. The van der Waals surface area contributed by atoms with E-state index in [4.69, 9.17) is 15.2 Å². The lowest BCUT2D eigenvalue weighted by Gasteiger charge is -2.21. The topological polar surface area (TPSA) is 57.4 Å². The van der Waals surface area contributed by atoms with Gasteiger partial charge in [0.05, 0.1) is 19.3 Å². The molecule has 0 spiro atoms. The average molecular weight is 252 g/mol. The molecule has 102 valence electrons. The summed E-state index contributed by atoms with van der Waals surface area (Å²) in [6.07, 6.45) is 5.67. The second-order valence-electron chi connectivity index (χ2n) is 4.40. The fourth-order valence-corrected chi connectivity index (χ4v) is 1.69. The van der Waals surface area contributed by atoms with Gasteiger partial charge in [-0.2, -0.15) is 0 Å². The van der Waals surface area contributed by atoms with Gasteiger partial charge in [0, 0.05) is 25.0 Å². The van der Waals surface area contributed by atoms with Crippen LogP contribution in [0.15, 0.2) is 24.5 Å². The molecule has 1 aromatic heterocycles. The quantitative estimate of drug-likeness (QED) is 0.685. The van der Waals surface area contributed by atoms with E-state index in [1.807, 2.05) is 19.1 Å². The summed E-state index contributed by atoms with van der Waals surface area (Å²) in [6, 6.07) is 3.82. The molecule has 18 heavy (non-hydrogen) atoms. The first-order valence-corrected chi connectivity index (χ1v) is 6.60. The molecule has 0 aromatic carbocycles. The third-order valence-corrected chi connectivity index (χ3v) is 2.68. The normalized spacial score (nSPS) is 14.4. The maximum atomic E-state index is 5.94. The van der Waals surface area contributed by atoms with Crippen LogP contribution in [0, 0.1) is 0 Å². The highest BCUT2D eigenvalue weighted by molar-refractivity contribution is 5.14. The Kier molecular flexibility index (Phi) is 7.57. The van der Waals surface area contributed by atoms with Crippen molar-refractivity contribution in [3.8, 4) is 0 Å². The van der Waals surface area contributed by atoms with Crippen molar-refractivity contribution < 1.29 is 9.47 Å². The summed E-state index contributed by atoms with van der Waals surface area (Å²) < 4.78 is 11.3. The van der Waals surface area contributed by atoms with Crippen LogP contribution in [-0.4, -0.2) is 30.8 Å². The maximum absolute atomic E-state index is 5.94. The third kappa shape index (κ3) is 5.58. The van der Waals surface area contributed by atoms with E-state index in [0.717, 1.165) is 25.0 Å². The molecular formula is C14H24N2O2. The van der Waals surface area contributed by atoms with Gasteiger partial charge in [0.1, 0.15) is 0 Å². The predicted octanol–water partition coefficient (Wildman–Crippen LogP) is 2.30. The molecule has 0 saturated heterocycles. The Morgan fingerprint density at radius 3 is 2.56 bits per heavy atom. The summed E-state index contributed by atoms with van der Waals surface area (Å²) in [5.41, 5.74) is 7.01. The third-order valence-electron chi connectivity index (χ3n) is 2.68. The van der Waals surface area contributed by atoms with Crippen LogP contribution in [0.5, 0.6) is 0 Å². The average Bonchev–Trinajstić information content (AvgIpc) is 2.38. The number of nitrogens with two attached hydrogens (primary N) is 1. The molecular weight excluding hydrogens is 228 g/mol. The Hall–Kier alpha value is -0.970. The first-order valence-electron chi connectivity index (χ1n) is 6.60. The summed E-state index contributed by atoms with van der Waals surface area (Å²) in [4.78, 5) is 4.00. The lowest BCUT2D eigenvalue weighted by molar-refractivity contribution is -0.00531. The highest BCUT2D eigenvalue weighted by Crippen LogP contribution is 2.19. The van der Waals surface area contributed by atoms with E-state index in [1.54, 1.807) is 12.4 Å². The molecule has 4 heteroatoms. The van der Waals surface area contributed by atoms with Crippen molar-refractivity contribution in [1.82, 2.24) is 4.98 Å². The van der Waals surface area contributed by atoms with Crippen molar-refractivity contribution in [2.24, 2.45) is 5.73 Å². The van der Waals surface area contributed by atoms with E-state index in [1.165, 1.54) is 0 Å². The van der Waals surface area contributed by atoms with Crippen LogP contribution in [0.1, 0.15) is 38.4 Å². The van der Waals surface area contributed by atoms with Gasteiger partial charge in [-0.1, -0.05) is 13.3 Å². The minimum absolute atomic E-state index is 0.0527. The molecule has 4 nitrogen and oxygen atoms in total. The van der Waals surface area contributed by atoms with Crippen molar-refractivity contribution >= 4 is 0 Å². The van der Waals surface area contributed by atoms with E-state index in [2.05, 4.69) is 11.9 Å². The van der Waals surface area contributed by atoms with Crippen LogP contribution < -0.4 is 5.73 Å². The van der Waals surface area contributed by atoms with Crippen molar-refractivity contribution in [2.75, 3.05) is 19.8 Å². The summed E-state index contributed by atoms with van der Waals surface area (Å²) in [6.45, 7) is 6.09. The van der Waals surface area contributed by atoms with Gasteiger partial charge in [-0.15, -0.1) is 0 Å². The first kappa shape index (κ1) is 15.1. The van der Waals surface area contributed by atoms with Gasteiger partial charge in [0.2, 0.25) is 0 Å². The number of pyridine rings is 1. The van der Waals surface area contributed by atoms with E-state index in [0.29, 0.717) is 13.2 Å². The number of nitrogens with zero attached hydrogens (tertiary/aromatic N) is 1. The Labute approximate surface area is 110 Å². The van der Waals surface area contributed by atoms with Crippen LogP contribution in [0.3, 0.4) is 0 Å². The van der Waals surface area contributed by atoms with Crippen LogP contribution in [0.2, 0.25) is 0 Å². The SMILES string of the molecule is CCCCOCCOC(c1ccncc1)C(C)N. The molecule has 0 aliphatic rings. The Balaban J connectivity index is 2.31. The van der Waals surface area contributed by atoms with Gasteiger partial charge >= 0.3 is 0 Å². The van der Waals surface area contributed by atoms with Crippen molar-refractivity contribution in [2.45, 2.75) is 38.8 Å². The Morgan fingerprint density at radius 1 is 1.22 bits per heavy atom. The Bertz CT molecular complexity index is 304. The summed E-state index contributed by atoms with van der Waals surface area (Å²) >= 11 is 0. The van der Waals surface area contributed by atoms with Crippen LogP contribution >= 0.6 is 0 Å². The summed E-state index contributed by atoms with van der Waals surface area (Å²) in [5.74, 6) is 0. The molecule has 1 heterocycles. The van der Waals surface area contributed by atoms with Gasteiger partial charge in [-0.3, -0.25) is 4.98 Å². The molecule has 0 aliphatic carbocycles. The maximum Gasteiger partial charge on any atom is 0.0975 e. The highest BCUT2D eigenvalue weighted by atomic mass is 16.5. The van der Waals surface area contributed by atoms with E-state index in [9.17, 15) is 0 Å². The molecule has 0 fully saturated rings. The lowest BCUT2D eigenvalue weighted by Crippen LogP contribution is -2.28. The largest absolute Gasteiger partial charge is 0.379 e. The molecule has 0 saturated carbocycles. The molecule has 0 aliphatic heterocycles. The molecule has 0 radical (unpaired) electrons. The Morgan fingerprint density at radius 2 is 1.94 bits per heavy atom. The second kappa shape index (κ2) is 9.03. The van der Waals surface area contributed by atoms with Gasteiger partial charge < -0.3 is 15.2 Å². The van der Waals surface area contributed by atoms with E-state index >= 15 is 0 Å². The minimum atomic E-state index is -0.0947. The minimum Gasteiger partial charge on any atom is -0.379 e. The monoisotopic (exact) mass is 252 g/mol. The summed E-state index contributed by atoms with van der Waals surface area (Å²) in [5, 5.41) is 0. The number of rotatable bonds is 9. The smallest absolute Gasteiger partial charge is 0.0975 e. The highest BCUT2D eigenvalue weighted by Gasteiger charge is 2.16. The second-order valence-corrected chi connectivity index (χ2v) is 4.40. The molecule has 0 bridgehead atoms. The lowest BCUT2D eigenvalue weighted by atomic mass is 10.1. The molecule has 2 atom stereocenters. The molecule has 1 rings (SSSR count). The zero-order chi connectivity index (χ0) is 13.2. The van der Waals surface area contributed by atoms with Gasteiger partial charge in [0.25, 0.3) is 0 Å². The number of unbranched alkanes of at least 4 members (excludes halogenated alkanes) is 1. The number of hydrogen-bond donors (Lipinski definition) is 1. The molecule has 2 N–H and O–H groups in total. The van der Waals surface area contributed by atoms with Crippen molar-refractivity contribution in [3.63, 3.8) is 0 Å². The number of aromatic nitrogens is 1. The van der Waals surface area contributed by atoms with E-state index in [-0.39, 0.29) is 12.1 Å². The molecule has 2 unspecified atom stereocenters. The van der Waals surface area contributed by atoms with Crippen LogP contribution in [0.25, 0.3) is 0 Å². The van der Waals surface area contributed by atoms with Gasteiger partial charge in [-0.25, -0.2) is 0 Å². The fourth-order valence-electron chi connectivity index (χ4n) is 1.69. The standard InChI is InChI=1S/C14H24N2O2/c1-3-4-9-17-10-11-18-14(12(2)15)13-5-7-16-8-6-13/h5-8,12,14H,3-4,9-11,15H2,1-2H3. The zero-order valence-corrected chi connectivity index (χ0v) is 11.3. The van der Waals surface area contributed by atoms with Crippen LogP contribution in [0.4, 0.5) is 0 Å². The molecule has 1 aromatic rings. The number of hydrogen-bond acceptors (Lipinski definition) is 4. The van der Waals surface area contributed by atoms with Crippen molar-refractivity contribution in [1.29, 1.82) is 0 Å². The summed E-state index contributed by atoms with van der Waals surface area (Å²) in [7, 11) is 0. The van der Waals surface area contributed by atoms with Crippen LogP contribution in [-0.2, 0) is 9.47 Å². The predicted molar refractivity (Wildman–Crippen MR) is 72.3 cm³/mol. The van der Waals surface area contributed by atoms with Gasteiger partial charge in [-0.05, 0) is 31.0 Å². The van der Waals surface area contributed by atoms with Crippen molar-refractivity contribution in [3.05, 3.63) is 30.1 Å². The fraction of sp³-hybridized carbons (Fsp3) is 0.643. The number of ether oxygens (including phenoxy) is 2. The zero-order valence-electron chi connectivity index (χ0n) is 11.3. The first-order chi connectivity index (χ1) is 8.75. The van der Waals surface area contributed by atoms with Gasteiger partial charge in [0.15, 0.2) is 0 Å².